The summed E-state index contributed by atoms with van der Waals surface area (Å²) < 4.78 is 0. The summed E-state index contributed by atoms with van der Waals surface area (Å²) in [5, 5.41) is 16.7. The Morgan fingerprint density at radius 1 is 1.42 bits per heavy atom. The number of carbonyl (C=O) groups excluding carboxylic acids is 2. The Morgan fingerprint density at radius 3 is 2.79 bits per heavy atom. The first kappa shape index (κ1) is 14.7. The van der Waals surface area contributed by atoms with Crippen molar-refractivity contribution < 1.29 is 9.59 Å². The van der Waals surface area contributed by atoms with Crippen LogP contribution in [0.25, 0.3) is 0 Å². The van der Waals surface area contributed by atoms with Gasteiger partial charge in [-0.2, -0.15) is 5.26 Å². The van der Waals surface area contributed by atoms with Crippen LogP contribution in [0, 0.1) is 11.3 Å². The highest BCUT2D eigenvalue weighted by molar-refractivity contribution is 5.95. The summed E-state index contributed by atoms with van der Waals surface area (Å²) in [5.74, 6) is -0.454. The first-order valence-electron chi connectivity index (χ1n) is 5.82. The Hall–Kier alpha value is -2.39. The van der Waals surface area contributed by atoms with Crippen molar-refractivity contribution in [2.45, 2.75) is 13.0 Å². The Balaban J connectivity index is 2.54. The normalized spacial score (nSPS) is 11.2. The summed E-state index contributed by atoms with van der Waals surface area (Å²) in [7, 11) is 1.53. The molecule has 1 atom stereocenters. The molecule has 0 saturated carbocycles. The molecule has 19 heavy (non-hydrogen) atoms. The van der Waals surface area contributed by atoms with Crippen LogP contribution in [0.1, 0.15) is 12.5 Å². The van der Waals surface area contributed by atoms with Gasteiger partial charge in [0.1, 0.15) is 0 Å². The lowest BCUT2D eigenvalue weighted by molar-refractivity contribution is -0.120. The Bertz CT molecular complexity index is 508. The van der Waals surface area contributed by atoms with Crippen LogP contribution in [-0.4, -0.2) is 31.4 Å². The smallest absolute Gasteiger partial charge is 0.241 e. The molecule has 0 saturated heterocycles. The molecule has 1 aromatic rings. The van der Waals surface area contributed by atoms with E-state index in [-0.39, 0.29) is 18.4 Å². The zero-order chi connectivity index (χ0) is 14.3. The van der Waals surface area contributed by atoms with Gasteiger partial charge in [-0.3, -0.25) is 14.9 Å². The van der Waals surface area contributed by atoms with Crippen LogP contribution in [0.3, 0.4) is 0 Å². The van der Waals surface area contributed by atoms with E-state index in [4.69, 9.17) is 5.26 Å². The molecule has 0 aliphatic rings. The third kappa shape index (κ3) is 4.77. The Morgan fingerprint density at radius 2 is 2.16 bits per heavy atom. The summed E-state index contributed by atoms with van der Waals surface area (Å²) in [5.41, 5.74) is 1.03. The molecule has 0 radical (unpaired) electrons. The first-order valence-corrected chi connectivity index (χ1v) is 5.82. The van der Waals surface area contributed by atoms with Gasteiger partial charge < -0.3 is 10.6 Å². The van der Waals surface area contributed by atoms with E-state index in [0.717, 1.165) is 0 Å². The van der Waals surface area contributed by atoms with Crippen molar-refractivity contribution in [1.29, 1.82) is 5.26 Å². The van der Waals surface area contributed by atoms with E-state index in [1.54, 1.807) is 31.2 Å². The predicted octanol–water partition coefficient (Wildman–Crippen LogP) is 0.221. The second-order valence-corrected chi connectivity index (χ2v) is 3.96. The number of hydrogen-bond acceptors (Lipinski definition) is 4. The number of anilines is 1. The van der Waals surface area contributed by atoms with Crippen molar-refractivity contribution in [2.24, 2.45) is 0 Å². The van der Waals surface area contributed by atoms with E-state index in [1.165, 1.54) is 7.05 Å². The summed E-state index contributed by atoms with van der Waals surface area (Å²) in [6.07, 6.45) is 0. The standard InChI is InChI=1S/C13H16N4O2/c1-9(16-8-12(18)15-2)13(19)17-11-5-3-4-10(6-11)7-14/h3-6,9,16H,8H2,1-2H3,(H,15,18)(H,17,19)/t9-/m0/s1. The molecule has 0 aromatic heterocycles. The van der Waals surface area contributed by atoms with Crippen molar-refractivity contribution in [3.63, 3.8) is 0 Å². The molecule has 0 unspecified atom stereocenters. The van der Waals surface area contributed by atoms with Crippen molar-refractivity contribution in [2.75, 3.05) is 18.9 Å². The van der Waals surface area contributed by atoms with Gasteiger partial charge >= 0.3 is 0 Å². The maximum atomic E-state index is 11.8. The maximum Gasteiger partial charge on any atom is 0.241 e. The highest BCUT2D eigenvalue weighted by Gasteiger charge is 2.13. The van der Waals surface area contributed by atoms with Gasteiger partial charge in [-0.05, 0) is 25.1 Å². The Labute approximate surface area is 111 Å². The van der Waals surface area contributed by atoms with E-state index in [2.05, 4.69) is 16.0 Å². The monoisotopic (exact) mass is 260 g/mol. The van der Waals surface area contributed by atoms with Crippen LogP contribution in [0.15, 0.2) is 24.3 Å². The van der Waals surface area contributed by atoms with Crippen LogP contribution < -0.4 is 16.0 Å². The number of nitrogens with zero attached hydrogens (tertiary/aromatic N) is 1. The fraction of sp³-hybridized carbons (Fsp3) is 0.308. The SMILES string of the molecule is CNC(=O)CN[C@@H](C)C(=O)Nc1cccc(C#N)c1. The quantitative estimate of drug-likeness (QED) is 0.706. The molecule has 3 N–H and O–H groups in total. The van der Waals surface area contributed by atoms with Crippen molar-refractivity contribution >= 4 is 17.5 Å². The summed E-state index contributed by atoms with van der Waals surface area (Å²) >= 11 is 0. The lowest BCUT2D eigenvalue weighted by Crippen LogP contribution is -2.42. The van der Waals surface area contributed by atoms with Gasteiger partial charge in [-0.15, -0.1) is 0 Å². The number of likely N-dealkylation sites (N-methyl/N-ethyl adjacent to an activating group) is 1. The van der Waals surface area contributed by atoms with Gasteiger partial charge in [0.15, 0.2) is 0 Å². The molecule has 1 rings (SSSR count). The van der Waals surface area contributed by atoms with Crippen LogP contribution in [0.2, 0.25) is 0 Å². The van der Waals surface area contributed by atoms with Crippen molar-refractivity contribution in [3.05, 3.63) is 29.8 Å². The second kappa shape index (κ2) is 7.13. The molecule has 2 amide bonds. The van der Waals surface area contributed by atoms with Gasteiger partial charge in [0, 0.05) is 12.7 Å². The van der Waals surface area contributed by atoms with E-state index in [1.807, 2.05) is 6.07 Å². The fourth-order valence-electron chi connectivity index (χ4n) is 1.34. The van der Waals surface area contributed by atoms with Gasteiger partial charge in [0.25, 0.3) is 0 Å². The van der Waals surface area contributed by atoms with Crippen molar-refractivity contribution in [3.8, 4) is 6.07 Å². The van der Waals surface area contributed by atoms with E-state index in [9.17, 15) is 9.59 Å². The molecule has 0 bridgehead atoms. The van der Waals surface area contributed by atoms with E-state index < -0.39 is 6.04 Å². The number of rotatable bonds is 5. The average Bonchev–Trinajstić information content (AvgIpc) is 2.44. The van der Waals surface area contributed by atoms with Gasteiger partial charge in [0.2, 0.25) is 11.8 Å². The topological polar surface area (TPSA) is 94.0 Å². The second-order valence-electron chi connectivity index (χ2n) is 3.96. The molecular weight excluding hydrogens is 244 g/mol. The van der Waals surface area contributed by atoms with E-state index in [0.29, 0.717) is 11.3 Å². The molecule has 100 valence electrons. The van der Waals surface area contributed by atoms with Crippen molar-refractivity contribution in [1.82, 2.24) is 10.6 Å². The Kier molecular flexibility index (Phi) is 5.51. The zero-order valence-corrected chi connectivity index (χ0v) is 10.9. The van der Waals surface area contributed by atoms with Crippen LogP contribution in [0.4, 0.5) is 5.69 Å². The van der Waals surface area contributed by atoms with Crippen LogP contribution in [0.5, 0.6) is 0 Å². The molecule has 0 aliphatic carbocycles. The van der Waals surface area contributed by atoms with E-state index >= 15 is 0 Å². The summed E-state index contributed by atoms with van der Waals surface area (Å²) in [4.78, 5) is 22.9. The van der Waals surface area contributed by atoms with Gasteiger partial charge in [0.05, 0.1) is 24.2 Å². The molecule has 0 heterocycles. The number of hydrogen-bond donors (Lipinski definition) is 3. The summed E-state index contributed by atoms with van der Waals surface area (Å²) in [6, 6.07) is 8.12. The molecule has 0 spiro atoms. The third-order valence-electron chi connectivity index (χ3n) is 2.50. The van der Waals surface area contributed by atoms with Crippen LogP contribution >= 0.6 is 0 Å². The summed E-state index contributed by atoms with van der Waals surface area (Å²) in [6.45, 7) is 1.73. The number of amides is 2. The minimum atomic E-state index is -0.511. The molecular formula is C13H16N4O2. The lowest BCUT2D eigenvalue weighted by atomic mass is 10.2. The number of nitriles is 1. The fourth-order valence-corrected chi connectivity index (χ4v) is 1.34. The number of nitrogens with one attached hydrogen (secondary N) is 3. The van der Waals surface area contributed by atoms with Crippen LogP contribution in [-0.2, 0) is 9.59 Å². The maximum absolute atomic E-state index is 11.8. The predicted molar refractivity (Wildman–Crippen MR) is 71.3 cm³/mol. The van der Waals surface area contributed by atoms with Gasteiger partial charge in [-0.1, -0.05) is 6.07 Å². The number of carbonyl (C=O) groups is 2. The average molecular weight is 260 g/mol. The molecule has 0 fully saturated rings. The molecule has 6 nitrogen and oxygen atoms in total. The number of benzene rings is 1. The minimum Gasteiger partial charge on any atom is -0.358 e. The van der Waals surface area contributed by atoms with Gasteiger partial charge in [-0.25, -0.2) is 0 Å². The minimum absolute atomic E-state index is 0.0727. The molecule has 6 heteroatoms. The first-order chi connectivity index (χ1) is 9.06. The molecule has 1 aromatic carbocycles. The lowest BCUT2D eigenvalue weighted by Gasteiger charge is -2.13. The highest BCUT2D eigenvalue weighted by atomic mass is 16.2. The third-order valence-corrected chi connectivity index (χ3v) is 2.50. The zero-order valence-electron chi connectivity index (χ0n) is 10.9. The largest absolute Gasteiger partial charge is 0.358 e. The highest BCUT2D eigenvalue weighted by Crippen LogP contribution is 2.09. The molecule has 0 aliphatic heterocycles.